The molecule has 2 aliphatic heterocycles. The van der Waals surface area contributed by atoms with Crippen molar-refractivity contribution in [2.75, 3.05) is 18.6 Å². The first-order valence-electron chi connectivity index (χ1n) is 11.4. The van der Waals surface area contributed by atoms with E-state index in [0.29, 0.717) is 23.5 Å². The molecule has 38 heavy (non-hydrogen) atoms. The van der Waals surface area contributed by atoms with Crippen molar-refractivity contribution in [1.29, 1.82) is 0 Å². The highest BCUT2D eigenvalue weighted by molar-refractivity contribution is 8.12. The maximum Gasteiger partial charge on any atom is 0.352 e. The number of anilines is 1. The van der Waals surface area contributed by atoms with E-state index >= 15 is 0 Å². The molecule has 3 heterocycles. The number of aliphatic carboxylic acids is 1. The maximum atomic E-state index is 13.1. The number of β-lactam (4-membered cyclic amide) rings is 1. The van der Waals surface area contributed by atoms with Gasteiger partial charge in [0.1, 0.15) is 29.9 Å². The molecular weight excluding hydrogens is 550 g/mol. The summed E-state index contributed by atoms with van der Waals surface area (Å²) < 4.78 is 0. The Bertz CT molecular complexity index is 1370. The van der Waals surface area contributed by atoms with Crippen LogP contribution in [0.4, 0.5) is 5.13 Å². The highest BCUT2D eigenvalue weighted by Crippen LogP contribution is 2.41. The molecule has 0 saturated carbocycles. The lowest BCUT2D eigenvalue weighted by atomic mass is 9.95. The summed E-state index contributed by atoms with van der Waals surface area (Å²) in [7, 11) is 1.28. The third kappa shape index (κ3) is 5.56. The number of nitrogens with zero attached hydrogens (tertiary/aromatic N) is 3. The number of carboxylic acid groups (broad SMARTS) is 1. The van der Waals surface area contributed by atoms with Gasteiger partial charge in [0.05, 0.1) is 0 Å². The van der Waals surface area contributed by atoms with Crippen molar-refractivity contribution in [2.45, 2.75) is 37.4 Å². The molecule has 0 aliphatic carbocycles. The van der Waals surface area contributed by atoms with E-state index in [2.05, 4.69) is 15.5 Å². The second kappa shape index (κ2) is 11.6. The molecule has 11 nitrogen and oxygen atoms in total. The van der Waals surface area contributed by atoms with Crippen molar-refractivity contribution < 1.29 is 29.1 Å². The molecule has 1 fully saturated rings. The number of thiazole rings is 1. The first kappa shape index (κ1) is 27.7. The van der Waals surface area contributed by atoms with Crippen LogP contribution in [0.25, 0.3) is 0 Å². The van der Waals surface area contributed by atoms with Crippen molar-refractivity contribution in [3.63, 3.8) is 0 Å². The van der Waals surface area contributed by atoms with Crippen molar-refractivity contribution in [3.8, 4) is 0 Å². The summed E-state index contributed by atoms with van der Waals surface area (Å²) in [5.74, 6) is -1.51. The van der Waals surface area contributed by atoms with Crippen LogP contribution >= 0.6 is 34.9 Å². The number of carbonyl (C=O) groups excluding carboxylic acids is 3. The second-order valence-electron chi connectivity index (χ2n) is 8.47. The van der Waals surface area contributed by atoms with Crippen molar-refractivity contribution in [3.05, 3.63) is 57.2 Å². The number of carbonyl (C=O) groups is 4. The monoisotopic (exact) mass is 575 g/mol. The van der Waals surface area contributed by atoms with Gasteiger partial charge in [-0.15, -0.1) is 23.1 Å². The minimum absolute atomic E-state index is 0.0228. The fourth-order valence-electron chi connectivity index (χ4n) is 4.21. The Morgan fingerprint density at radius 2 is 2.08 bits per heavy atom. The fraction of sp³-hybridized carbons (Fsp3) is 0.333. The number of fused-ring (bicyclic) bond motifs is 1. The Labute approximate surface area is 230 Å². The average molecular weight is 576 g/mol. The van der Waals surface area contributed by atoms with E-state index in [0.717, 1.165) is 28.0 Å². The Morgan fingerprint density at radius 3 is 2.71 bits per heavy atom. The average Bonchev–Trinajstić information content (AvgIpc) is 3.31. The van der Waals surface area contributed by atoms with Crippen LogP contribution in [0.1, 0.15) is 29.3 Å². The van der Waals surface area contributed by atoms with E-state index in [9.17, 15) is 24.3 Å². The van der Waals surface area contributed by atoms with Crippen LogP contribution in [0.5, 0.6) is 0 Å². The lowest BCUT2D eigenvalue weighted by Gasteiger charge is -2.49. The molecule has 4 N–H and O–H groups in total. The summed E-state index contributed by atoms with van der Waals surface area (Å²) in [4.78, 5) is 59.7. The molecule has 1 aromatic heterocycles. The van der Waals surface area contributed by atoms with E-state index in [1.54, 1.807) is 5.38 Å². The number of benzene rings is 1. The second-order valence-corrected chi connectivity index (χ2v) is 11.6. The Hall–Kier alpha value is -3.36. The molecular formula is C24H25N5O6S3. The van der Waals surface area contributed by atoms with Crippen LogP contribution in [-0.4, -0.2) is 67.9 Å². The zero-order valence-corrected chi connectivity index (χ0v) is 23.2. The van der Waals surface area contributed by atoms with Gasteiger partial charge in [0.2, 0.25) is 0 Å². The summed E-state index contributed by atoms with van der Waals surface area (Å²) in [5.41, 5.74) is 9.18. The lowest BCUT2D eigenvalue weighted by molar-refractivity contribution is -0.150. The summed E-state index contributed by atoms with van der Waals surface area (Å²) in [6.45, 7) is 3.46. The Balaban J connectivity index is 1.53. The molecule has 2 aromatic rings. The summed E-state index contributed by atoms with van der Waals surface area (Å²) in [6, 6.07) is 4.81. The van der Waals surface area contributed by atoms with Crippen molar-refractivity contribution >= 4 is 68.6 Å². The van der Waals surface area contributed by atoms with Gasteiger partial charge in [0.25, 0.3) is 11.8 Å². The molecule has 4 rings (SSSR count). The number of carboxylic acids is 1. The van der Waals surface area contributed by atoms with Gasteiger partial charge in [-0.05, 0) is 35.6 Å². The van der Waals surface area contributed by atoms with Crippen LogP contribution in [0.2, 0.25) is 0 Å². The number of thioether (sulfide) groups is 2. The molecule has 0 spiro atoms. The summed E-state index contributed by atoms with van der Waals surface area (Å²) in [5, 5.41) is 17.6. The molecule has 200 valence electrons. The number of nitrogen functional groups attached to an aromatic ring is 1. The van der Waals surface area contributed by atoms with Gasteiger partial charge in [-0.25, -0.2) is 9.78 Å². The molecule has 2 atom stereocenters. The van der Waals surface area contributed by atoms with Crippen molar-refractivity contribution in [2.24, 2.45) is 5.16 Å². The Morgan fingerprint density at radius 1 is 1.34 bits per heavy atom. The highest BCUT2D eigenvalue weighted by atomic mass is 32.2. The fourth-order valence-corrected chi connectivity index (χ4v) is 6.78. The number of nitrogens with two attached hydrogens (primary N) is 1. The summed E-state index contributed by atoms with van der Waals surface area (Å²) in [6.07, 6.45) is 0.350. The van der Waals surface area contributed by atoms with Crippen LogP contribution in [-0.2, 0) is 36.2 Å². The standard InChI is InChI=1S/C24H25N5O6S3/c1-11-13(5-4-6-14(11)8-36-12(2)30)7-15-9-37-22-18(21(32)29(22)19(15)23(33)34)27-20(31)17(28-35-3)16-10-38-24(25)26-16/h4-6,10,18,22H,7-9H2,1-3H3,(H2,25,26)(H,27,31)(H,33,34)/t18-,22-/m1/s1. The molecule has 0 bridgehead atoms. The third-order valence-electron chi connectivity index (χ3n) is 6.09. The van der Waals surface area contributed by atoms with Gasteiger partial charge in [0.15, 0.2) is 16.0 Å². The van der Waals surface area contributed by atoms with Gasteiger partial charge in [0, 0.05) is 23.8 Å². The predicted molar refractivity (Wildman–Crippen MR) is 147 cm³/mol. The Kier molecular flexibility index (Phi) is 8.43. The molecule has 0 unspecified atom stereocenters. The van der Waals surface area contributed by atoms with Crippen molar-refractivity contribution in [1.82, 2.24) is 15.2 Å². The third-order valence-corrected chi connectivity index (χ3v) is 8.97. The van der Waals surface area contributed by atoms with E-state index in [-0.39, 0.29) is 27.3 Å². The van der Waals surface area contributed by atoms with Gasteiger partial charge in [-0.2, -0.15) is 0 Å². The molecule has 1 saturated heterocycles. The zero-order valence-electron chi connectivity index (χ0n) is 20.7. The number of amides is 2. The lowest BCUT2D eigenvalue weighted by Crippen LogP contribution is -2.71. The van der Waals surface area contributed by atoms with Crippen LogP contribution in [0.3, 0.4) is 0 Å². The number of hydrogen-bond acceptors (Lipinski definition) is 11. The van der Waals surface area contributed by atoms with Gasteiger partial charge >= 0.3 is 5.97 Å². The molecule has 2 amide bonds. The first-order valence-corrected chi connectivity index (χ1v) is 14.3. The van der Waals surface area contributed by atoms with E-state index in [1.165, 1.54) is 42.5 Å². The molecule has 1 aromatic carbocycles. The number of nitrogens with one attached hydrogen (secondary N) is 1. The molecule has 2 aliphatic rings. The number of rotatable bonds is 9. The number of aromatic nitrogens is 1. The van der Waals surface area contributed by atoms with E-state index in [1.807, 2.05) is 25.1 Å². The molecule has 14 heteroatoms. The minimum Gasteiger partial charge on any atom is -0.477 e. The number of oxime groups is 1. The topological polar surface area (TPSA) is 164 Å². The van der Waals surface area contributed by atoms with Gasteiger partial charge in [-0.3, -0.25) is 19.3 Å². The normalized spacial score (nSPS) is 19.1. The largest absolute Gasteiger partial charge is 0.477 e. The minimum atomic E-state index is -1.20. The zero-order chi connectivity index (χ0) is 27.6. The predicted octanol–water partition coefficient (Wildman–Crippen LogP) is 2.15. The number of hydrogen-bond donors (Lipinski definition) is 3. The first-order chi connectivity index (χ1) is 18.1. The van der Waals surface area contributed by atoms with E-state index < -0.39 is 29.2 Å². The highest BCUT2D eigenvalue weighted by Gasteiger charge is 2.54. The maximum absolute atomic E-state index is 13.1. The smallest absolute Gasteiger partial charge is 0.352 e. The van der Waals surface area contributed by atoms with Crippen LogP contribution < -0.4 is 11.1 Å². The molecule has 0 radical (unpaired) electrons. The van der Waals surface area contributed by atoms with Gasteiger partial charge < -0.3 is 21.0 Å². The van der Waals surface area contributed by atoms with E-state index in [4.69, 9.17) is 10.6 Å². The van der Waals surface area contributed by atoms with Crippen LogP contribution in [0, 0.1) is 6.92 Å². The SMILES string of the molecule is CON=C(C(=O)N[C@@H]1C(=O)N2C(C(=O)O)=C(Cc3cccc(CSC(C)=O)c3C)CS[C@H]12)c1csc(N)n1. The quantitative estimate of drug-likeness (QED) is 0.229. The van der Waals surface area contributed by atoms with Crippen LogP contribution in [0.15, 0.2) is 40.0 Å². The van der Waals surface area contributed by atoms with Gasteiger partial charge in [-0.1, -0.05) is 35.1 Å². The summed E-state index contributed by atoms with van der Waals surface area (Å²) >= 11 is 3.72.